The lowest BCUT2D eigenvalue weighted by Crippen LogP contribution is -2.17. The van der Waals surface area contributed by atoms with E-state index in [2.05, 4.69) is 37.4 Å². The van der Waals surface area contributed by atoms with Crippen LogP contribution < -0.4 is 5.32 Å². The highest BCUT2D eigenvalue weighted by Crippen LogP contribution is 2.21. The smallest absolute Gasteiger partial charge is 0.147 e. The van der Waals surface area contributed by atoms with Gasteiger partial charge < -0.3 is 5.32 Å². The average molecular weight is 269 g/mol. The largest absolute Gasteiger partial charge is 0.313 e. The molecule has 4 heteroatoms. The van der Waals surface area contributed by atoms with Crippen LogP contribution in [0.15, 0.2) is 18.2 Å². The van der Waals surface area contributed by atoms with E-state index in [1.165, 1.54) is 22.9 Å². The van der Waals surface area contributed by atoms with Gasteiger partial charge >= 0.3 is 0 Å². The molecule has 0 radical (unpaired) electrons. The Labute approximate surface area is 111 Å². The maximum Gasteiger partial charge on any atom is 0.147 e. The molecule has 1 atom stereocenters. The van der Waals surface area contributed by atoms with Gasteiger partial charge in [0.15, 0.2) is 0 Å². The summed E-state index contributed by atoms with van der Waals surface area (Å²) in [5, 5.41) is 3.26. The predicted molar refractivity (Wildman–Crippen MR) is 76.7 cm³/mol. The highest BCUT2D eigenvalue weighted by molar-refractivity contribution is 7.90. The van der Waals surface area contributed by atoms with Gasteiger partial charge in [0.2, 0.25) is 0 Å². The molecule has 1 rings (SSSR count). The predicted octanol–water partition coefficient (Wildman–Crippen LogP) is 2.39. The van der Waals surface area contributed by atoms with Gasteiger partial charge in [-0.15, -0.1) is 0 Å². The fourth-order valence-electron chi connectivity index (χ4n) is 2.01. The summed E-state index contributed by atoms with van der Waals surface area (Å²) in [6.45, 7) is 4.19. The van der Waals surface area contributed by atoms with Crippen molar-refractivity contribution < 1.29 is 8.42 Å². The molecule has 0 aromatic heterocycles. The van der Waals surface area contributed by atoms with Gasteiger partial charge in [0.05, 0.1) is 0 Å². The molecule has 3 nitrogen and oxygen atoms in total. The third-order valence-corrected chi connectivity index (χ3v) is 4.32. The highest BCUT2D eigenvalue weighted by atomic mass is 32.2. The Morgan fingerprint density at radius 2 is 1.89 bits per heavy atom. The number of aryl methyl sites for hydroxylation is 2. The Hall–Kier alpha value is -0.870. The van der Waals surface area contributed by atoms with Crippen LogP contribution in [-0.4, -0.2) is 27.5 Å². The summed E-state index contributed by atoms with van der Waals surface area (Å²) in [5.74, 6) is 0.260. The monoisotopic (exact) mass is 269 g/mol. The molecule has 18 heavy (non-hydrogen) atoms. The van der Waals surface area contributed by atoms with Gasteiger partial charge in [-0.05, 0) is 50.4 Å². The van der Waals surface area contributed by atoms with Crippen LogP contribution >= 0.6 is 0 Å². The van der Waals surface area contributed by atoms with Crippen LogP contribution in [0.1, 0.15) is 35.6 Å². The maximum absolute atomic E-state index is 11.1. The molecule has 0 heterocycles. The van der Waals surface area contributed by atoms with Crippen molar-refractivity contribution in [2.45, 2.75) is 32.7 Å². The molecule has 0 bridgehead atoms. The Balaban J connectivity index is 2.68. The van der Waals surface area contributed by atoms with E-state index in [0.717, 1.165) is 6.42 Å². The lowest BCUT2D eigenvalue weighted by atomic mass is 9.98. The summed E-state index contributed by atoms with van der Waals surface area (Å²) in [4.78, 5) is 0. The summed E-state index contributed by atoms with van der Waals surface area (Å²) in [6, 6.07) is 6.64. The summed E-state index contributed by atoms with van der Waals surface area (Å²) in [6.07, 6.45) is 2.82. The number of rotatable bonds is 6. The fraction of sp³-hybridized carbons (Fsp3) is 0.571. The minimum absolute atomic E-state index is 0.228. The van der Waals surface area contributed by atoms with Crippen molar-refractivity contribution in [1.29, 1.82) is 0 Å². The minimum Gasteiger partial charge on any atom is -0.313 e. The standard InChI is InChI=1S/C14H23NO2S/c1-11-7-8-13(10-12(11)2)14(15-3)6-5-9-18(4,16)17/h7-8,10,14-15H,5-6,9H2,1-4H3. The molecule has 1 N–H and O–H groups in total. The molecule has 1 unspecified atom stereocenters. The fourth-order valence-corrected chi connectivity index (χ4v) is 2.70. The first-order valence-electron chi connectivity index (χ1n) is 6.25. The van der Waals surface area contributed by atoms with Gasteiger partial charge in [-0.1, -0.05) is 18.2 Å². The van der Waals surface area contributed by atoms with Crippen LogP contribution in [0.25, 0.3) is 0 Å². The van der Waals surface area contributed by atoms with E-state index in [1.807, 2.05) is 7.05 Å². The van der Waals surface area contributed by atoms with Crippen molar-refractivity contribution >= 4 is 9.84 Å². The van der Waals surface area contributed by atoms with E-state index in [-0.39, 0.29) is 11.8 Å². The van der Waals surface area contributed by atoms with Crippen LogP contribution in [0, 0.1) is 13.8 Å². The van der Waals surface area contributed by atoms with E-state index in [1.54, 1.807) is 0 Å². The molecule has 102 valence electrons. The molecule has 0 fully saturated rings. The van der Waals surface area contributed by atoms with Crippen molar-refractivity contribution in [2.24, 2.45) is 0 Å². The molecule has 0 aliphatic heterocycles. The summed E-state index contributed by atoms with van der Waals surface area (Å²) in [7, 11) is -0.936. The van der Waals surface area contributed by atoms with Crippen LogP contribution in [0.4, 0.5) is 0 Å². The Morgan fingerprint density at radius 1 is 1.22 bits per heavy atom. The van der Waals surface area contributed by atoms with Crippen molar-refractivity contribution in [3.63, 3.8) is 0 Å². The van der Waals surface area contributed by atoms with Crippen LogP contribution in [0.2, 0.25) is 0 Å². The lowest BCUT2D eigenvalue weighted by Gasteiger charge is -2.17. The van der Waals surface area contributed by atoms with Crippen LogP contribution in [0.3, 0.4) is 0 Å². The zero-order valence-corrected chi connectivity index (χ0v) is 12.5. The van der Waals surface area contributed by atoms with Crippen molar-refractivity contribution in [1.82, 2.24) is 5.32 Å². The Morgan fingerprint density at radius 3 is 2.39 bits per heavy atom. The molecular formula is C14H23NO2S. The van der Waals surface area contributed by atoms with Gasteiger partial charge in [-0.2, -0.15) is 0 Å². The van der Waals surface area contributed by atoms with Crippen molar-refractivity contribution in [2.75, 3.05) is 19.1 Å². The van der Waals surface area contributed by atoms with Gasteiger partial charge in [0.1, 0.15) is 9.84 Å². The van der Waals surface area contributed by atoms with E-state index in [4.69, 9.17) is 0 Å². The number of hydrogen-bond donors (Lipinski definition) is 1. The topological polar surface area (TPSA) is 46.2 Å². The second-order valence-corrected chi connectivity index (χ2v) is 7.22. The molecule has 0 amide bonds. The van der Waals surface area contributed by atoms with Crippen LogP contribution in [-0.2, 0) is 9.84 Å². The van der Waals surface area contributed by atoms with Gasteiger partial charge in [0, 0.05) is 18.1 Å². The SMILES string of the molecule is CNC(CCCS(C)(=O)=O)c1ccc(C)c(C)c1. The van der Waals surface area contributed by atoms with Crippen molar-refractivity contribution in [3.05, 3.63) is 34.9 Å². The lowest BCUT2D eigenvalue weighted by molar-refractivity contribution is 0.536. The molecule has 0 spiro atoms. The van der Waals surface area contributed by atoms with Crippen molar-refractivity contribution in [3.8, 4) is 0 Å². The second kappa shape index (κ2) is 6.34. The molecular weight excluding hydrogens is 246 g/mol. The molecule has 0 saturated heterocycles. The second-order valence-electron chi connectivity index (χ2n) is 4.96. The summed E-state index contributed by atoms with van der Waals surface area (Å²) >= 11 is 0. The number of hydrogen-bond acceptors (Lipinski definition) is 3. The van der Waals surface area contributed by atoms with Gasteiger partial charge in [-0.3, -0.25) is 0 Å². The van der Waals surface area contributed by atoms with Crippen LogP contribution in [0.5, 0.6) is 0 Å². The molecule has 0 aliphatic carbocycles. The average Bonchev–Trinajstić information content (AvgIpc) is 2.27. The maximum atomic E-state index is 11.1. The van der Waals surface area contributed by atoms with E-state index < -0.39 is 9.84 Å². The molecule has 1 aromatic rings. The zero-order chi connectivity index (χ0) is 13.8. The van der Waals surface area contributed by atoms with E-state index in [9.17, 15) is 8.42 Å². The van der Waals surface area contributed by atoms with E-state index in [0.29, 0.717) is 6.42 Å². The summed E-state index contributed by atoms with van der Waals surface area (Å²) < 4.78 is 22.2. The van der Waals surface area contributed by atoms with E-state index >= 15 is 0 Å². The Kier molecular flexibility index (Phi) is 5.35. The molecule has 0 aliphatic rings. The molecule has 1 aromatic carbocycles. The number of benzene rings is 1. The summed E-state index contributed by atoms with van der Waals surface area (Å²) in [5.41, 5.74) is 3.79. The third-order valence-electron chi connectivity index (χ3n) is 3.29. The zero-order valence-electron chi connectivity index (χ0n) is 11.7. The molecule has 0 saturated carbocycles. The quantitative estimate of drug-likeness (QED) is 0.862. The minimum atomic E-state index is -2.85. The number of nitrogens with one attached hydrogen (secondary N) is 1. The first kappa shape index (κ1) is 15.2. The van der Waals surface area contributed by atoms with Gasteiger partial charge in [0.25, 0.3) is 0 Å². The first-order valence-corrected chi connectivity index (χ1v) is 8.31. The van der Waals surface area contributed by atoms with Gasteiger partial charge in [-0.25, -0.2) is 8.42 Å². The third kappa shape index (κ3) is 4.78. The normalized spacial score (nSPS) is 13.6. The number of sulfone groups is 1. The Bertz CT molecular complexity index is 495. The first-order chi connectivity index (χ1) is 8.33. The highest BCUT2D eigenvalue weighted by Gasteiger charge is 2.11.